The van der Waals surface area contributed by atoms with Gasteiger partial charge in [-0.25, -0.2) is 9.97 Å². The predicted molar refractivity (Wildman–Crippen MR) is 132 cm³/mol. The van der Waals surface area contributed by atoms with Gasteiger partial charge in [-0.05, 0) is 54.1 Å². The van der Waals surface area contributed by atoms with Gasteiger partial charge < -0.3 is 14.8 Å². The van der Waals surface area contributed by atoms with Crippen molar-refractivity contribution in [2.24, 2.45) is 0 Å². The van der Waals surface area contributed by atoms with E-state index in [1.165, 1.54) is 21.6 Å². The van der Waals surface area contributed by atoms with Crippen LogP contribution in [-0.4, -0.2) is 58.1 Å². The predicted octanol–water partition coefficient (Wildman–Crippen LogP) is 4.52. The summed E-state index contributed by atoms with van der Waals surface area (Å²) < 4.78 is 0. The molecule has 0 atom stereocenters. The average Bonchev–Trinajstić information content (AvgIpc) is 3.27. The zero-order valence-corrected chi connectivity index (χ0v) is 18.8. The summed E-state index contributed by atoms with van der Waals surface area (Å²) in [7, 11) is 2.17. The number of fused-ring (bicyclic) bond motifs is 2. The fraction of sp³-hybridized carbons (Fsp3) is 0.240. The minimum Gasteiger partial charge on any atom is -0.354 e. The lowest BCUT2D eigenvalue weighted by Crippen LogP contribution is -2.44. The van der Waals surface area contributed by atoms with Gasteiger partial charge in [-0.15, -0.1) is 11.8 Å². The molecule has 6 rings (SSSR count). The molecule has 0 aromatic carbocycles. The first-order valence-corrected chi connectivity index (χ1v) is 11.9. The maximum atomic E-state index is 4.73. The van der Waals surface area contributed by atoms with Crippen LogP contribution in [0.25, 0.3) is 33.1 Å². The van der Waals surface area contributed by atoms with Crippen molar-refractivity contribution in [2.45, 2.75) is 5.75 Å². The van der Waals surface area contributed by atoms with Crippen molar-refractivity contribution in [3.05, 3.63) is 71.9 Å². The smallest absolute Gasteiger partial charge is 0.137 e. The number of piperazine rings is 1. The molecular formula is C25H24N6S. The lowest BCUT2D eigenvalue weighted by Gasteiger charge is -2.33. The molecule has 6 heterocycles. The molecule has 0 amide bonds. The second-order valence-electron chi connectivity index (χ2n) is 8.39. The molecule has 2 aliphatic heterocycles. The number of nitrogens with one attached hydrogen (secondary N) is 1. The van der Waals surface area contributed by atoms with E-state index in [1.807, 2.05) is 36.5 Å². The third kappa shape index (κ3) is 3.57. The summed E-state index contributed by atoms with van der Waals surface area (Å²) in [5.74, 6) is 1.98. The number of nitrogens with zero attached hydrogens (tertiary/aromatic N) is 5. The van der Waals surface area contributed by atoms with Crippen molar-refractivity contribution in [2.75, 3.05) is 38.1 Å². The third-order valence-corrected chi connectivity index (χ3v) is 7.42. The maximum absolute atomic E-state index is 4.73. The summed E-state index contributed by atoms with van der Waals surface area (Å²) in [6, 6.07) is 8.61. The van der Waals surface area contributed by atoms with E-state index < -0.39 is 0 Å². The van der Waals surface area contributed by atoms with Gasteiger partial charge in [0.2, 0.25) is 0 Å². The first-order chi connectivity index (χ1) is 15.7. The van der Waals surface area contributed by atoms with Crippen LogP contribution in [-0.2, 0) is 5.75 Å². The van der Waals surface area contributed by atoms with Crippen molar-refractivity contribution in [1.82, 2.24) is 24.8 Å². The minimum absolute atomic E-state index is 0.916. The van der Waals surface area contributed by atoms with E-state index >= 15 is 0 Å². The number of anilines is 1. The number of hydrogen-bond acceptors (Lipinski definition) is 6. The Morgan fingerprint density at radius 1 is 0.969 bits per heavy atom. The zero-order valence-electron chi connectivity index (χ0n) is 18.0. The first-order valence-electron chi connectivity index (χ1n) is 10.9. The Hall–Kier alpha value is -3.16. The van der Waals surface area contributed by atoms with Crippen molar-refractivity contribution in [3.63, 3.8) is 0 Å². The number of rotatable bonds is 3. The van der Waals surface area contributed by atoms with Gasteiger partial charge in [-0.3, -0.25) is 4.98 Å². The second kappa shape index (κ2) is 8.07. The van der Waals surface area contributed by atoms with E-state index in [-0.39, 0.29) is 0 Å². The zero-order chi connectivity index (χ0) is 21.5. The monoisotopic (exact) mass is 440 g/mol. The van der Waals surface area contributed by atoms with Gasteiger partial charge in [0.15, 0.2) is 0 Å². The van der Waals surface area contributed by atoms with Crippen molar-refractivity contribution >= 4 is 39.6 Å². The Bertz CT molecular complexity index is 1320. The summed E-state index contributed by atoms with van der Waals surface area (Å²) in [6.07, 6.45) is 12.0. The van der Waals surface area contributed by atoms with Crippen LogP contribution in [0.1, 0.15) is 16.7 Å². The number of aromatic nitrogens is 4. The number of H-pyrrole nitrogens is 1. The molecule has 2 aliphatic rings. The molecule has 32 heavy (non-hydrogen) atoms. The van der Waals surface area contributed by atoms with Crippen LogP contribution in [0.5, 0.6) is 0 Å². The lowest BCUT2D eigenvalue weighted by molar-refractivity contribution is 0.312. The normalized spacial score (nSPS) is 16.8. The van der Waals surface area contributed by atoms with Gasteiger partial charge in [0.05, 0.1) is 0 Å². The molecule has 0 radical (unpaired) electrons. The Morgan fingerprint density at radius 2 is 1.88 bits per heavy atom. The summed E-state index contributed by atoms with van der Waals surface area (Å²) >= 11 is 1.85. The highest BCUT2D eigenvalue weighted by Gasteiger charge is 2.18. The van der Waals surface area contributed by atoms with Crippen LogP contribution >= 0.6 is 11.8 Å². The lowest BCUT2D eigenvalue weighted by atomic mass is 10.0. The third-order valence-electron chi connectivity index (χ3n) is 6.31. The van der Waals surface area contributed by atoms with Gasteiger partial charge in [0, 0.05) is 84.3 Å². The molecular weight excluding hydrogens is 416 g/mol. The number of hydrogen-bond donors (Lipinski definition) is 1. The quantitative estimate of drug-likeness (QED) is 0.506. The van der Waals surface area contributed by atoms with Crippen LogP contribution in [0.2, 0.25) is 0 Å². The average molecular weight is 441 g/mol. The summed E-state index contributed by atoms with van der Waals surface area (Å²) in [4.78, 5) is 23.0. The van der Waals surface area contributed by atoms with Gasteiger partial charge in [0.1, 0.15) is 11.5 Å². The molecule has 0 spiro atoms. The topological polar surface area (TPSA) is 60.9 Å². The fourth-order valence-corrected chi connectivity index (χ4v) is 5.45. The Balaban J connectivity index is 1.36. The highest BCUT2D eigenvalue weighted by atomic mass is 32.2. The van der Waals surface area contributed by atoms with Crippen LogP contribution in [0, 0.1) is 0 Å². The largest absolute Gasteiger partial charge is 0.354 e. The van der Waals surface area contributed by atoms with Gasteiger partial charge in [-0.2, -0.15) is 0 Å². The van der Waals surface area contributed by atoms with E-state index in [1.54, 1.807) is 0 Å². The molecule has 0 saturated carbocycles. The number of thioether (sulfide) groups is 1. The Morgan fingerprint density at radius 3 is 2.78 bits per heavy atom. The van der Waals surface area contributed by atoms with Crippen molar-refractivity contribution in [3.8, 4) is 11.1 Å². The number of likely N-dealkylation sites (N-methyl/N-ethyl adjacent to an activating group) is 1. The van der Waals surface area contributed by atoms with Gasteiger partial charge in [-0.1, -0.05) is 0 Å². The van der Waals surface area contributed by atoms with E-state index in [4.69, 9.17) is 4.98 Å². The second-order valence-corrected chi connectivity index (χ2v) is 9.40. The molecule has 0 unspecified atom stereocenters. The summed E-state index contributed by atoms with van der Waals surface area (Å²) in [5, 5.41) is 1.15. The van der Waals surface area contributed by atoms with E-state index in [9.17, 15) is 0 Å². The first kappa shape index (κ1) is 19.5. The maximum Gasteiger partial charge on any atom is 0.137 e. The molecule has 4 aromatic heterocycles. The van der Waals surface area contributed by atoms with Crippen LogP contribution < -0.4 is 4.90 Å². The molecule has 1 fully saturated rings. The van der Waals surface area contributed by atoms with Gasteiger partial charge in [0.25, 0.3) is 0 Å². The molecule has 7 heteroatoms. The summed E-state index contributed by atoms with van der Waals surface area (Å²) in [5.41, 5.74) is 6.92. The van der Waals surface area contributed by atoms with Crippen LogP contribution in [0.15, 0.2) is 55.2 Å². The van der Waals surface area contributed by atoms with E-state index in [2.05, 4.69) is 68.3 Å². The molecule has 6 nitrogen and oxygen atoms in total. The number of pyridine rings is 3. The molecule has 160 valence electrons. The van der Waals surface area contributed by atoms with Crippen molar-refractivity contribution < 1.29 is 0 Å². The van der Waals surface area contributed by atoms with Crippen LogP contribution in [0.4, 0.5) is 5.82 Å². The SMILES string of the molecule is CN1CCN(c2cc(-c3cnc4[nH]cc(C5=Cc6ccncc6CS5)c4c3)ccn2)CC1. The number of aromatic amines is 1. The van der Waals surface area contributed by atoms with E-state index in [0.717, 1.165) is 59.9 Å². The molecule has 0 bridgehead atoms. The Labute approximate surface area is 191 Å². The fourth-order valence-electron chi connectivity index (χ4n) is 4.36. The molecule has 4 aromatic rings. The van der Waals surface area contributed by atoms with E-state index in [0.29, 0.717) is 0 Å². The van der Waals surface area contributed by atoms with Gasteiger partial charge >= 0.3 is 0 Å². The standard InChI is InChI=1S/C25H24N6S/c1-30-6-8-31(9-7-30)24-12-18(3-5-27-24)19-10-21-22(15-29-25(21)28-14-19)23-11-17-2-4-26-13-20(17)16-32-23/h2-5,10-15H,6-9,16H2,1H3,(H,28,29). The molecule has 1 N–H and O–H groups in total. The van der Waals surface area contributed by atoms with Crippen molar-refractivity contribution in [1.29, 1.82) is 0 Å². The van der Waals surface area contributed by atoms with Crippen LogP contribution in [0.3, 0.4) is 0 Å². The molecule has 1 saturated heterocycles. The minimum atomic E-state index is 0.916. The highest BCUT2D eigenvalue weighted by Crippen LogP contribution is 2.41. The summed E-state index contributed by atoms with van der Waals surface area (Å²) in [6.45, 7) is 4.15. The highest BCUT2D eigenvalue weighted by molar-refractivity contribution is 8.07. The Kier molecular flexibility index (Phi) is 4.92. The molecule has 0 aliphatic carbocycles.